The van der Waals surface area contributed by atoms with E-state index in [-0.39, 0.29) is 22.4 Å². The molecule has 0 radical (unpaired) electrons. The average molecular weight is 327 g/mol. The maximum atomic E-state index is 13.3. The van der Waals surface area contributed by atoms with E-state index in [1.54, 1.807) is 12.1 Å². The second-order valence-corrected chi connectivity index (χ2v) is 5.73. The normalized spacial score (nSPS) is 11.2. The van der Waals surface area contributed by atoms with Crippen molar-refractivity contribution in [3.05, 3.63) is 64.7 Å². The maximum absolute atomic E-state index is 13.3. The molecule has 0 spiro atoms. The zero-order valence-electron chi connectivity index (χ0n) is 13.2. The lowest BCUT2D eigenvalue weighted by atomic mass is 9.98. The predicted molar refractivity (Wildman–Crippen MR) is 88.6 cm³/mol. The van der Waals surface area contributed by atoms with Crippen molar-refractivity contribution < 1.29 is 18.7 Å². The van der Waals surface area contributed by atoms with Crippen molar-refractivity contribution in [3.63, 3.8) is 0 Å². The highest BCUT2D eigenvalue weighted by atomic mass is 19.3. The highest BCUT2D eigenvalue weighted by Gasteiger charge is 2.19. The van der Waals surface area contributed by atoms with E-state index in [4.69, 9.17) is 0 Å². The van der Waals surface area contributed by atoms with Crippen LogP contribution in [0.4, 0.5) is 8.78 Å². The van der Waals surface area contributed by atoms with Gasteiger partial charge in [-0.3, -0.25) is 0 Å². The first-order valence-electron chi connectivity index (χ1n) is 7.41. The van der Waals surface area contributed by atoms with Crippen LogP contribution >= 0.6 is 0 Å². The fourth-order valence-electron chi connectivity index (χ4n) is 2.92. The first-order valence-corrected chi connectivity index (χ1v) is 7.41. The molecule has 1 N–H and O–H groups in total. The summed E-state index contributed by atoms with van der Waals surface area (Å²) in [5.41, 5.74) is 2.63. The second kappa shape index (κ2) is 6.00. The van der Waals surface area contributed by atoms with Gasteiger partial charge in [0, 0.05) is 16.5 Å². The number of benzene rings is 2. The lowest BCUT2D eigenvalue weighted by molar-refractivity contribution is 0.0699. The number of fused-ring (bicyclic) bond motifs is 1. The molecule has 122 valence electrons. The van der Waals surface area contributed by atoms with Crippen LogP contribution in [0.5, 0.6) is 0 Å². The molecule has 0 amide bonds. The Morgan fingerprint density at radius 1 is 1.12 bits per heavy atom. The zero-order valence-corrected chi connectivity index (χ0v) is 13.2. The van der Waals surface area contributed by atoms with E-state index in [1.807, 2.05) is 19.9 Å². The Labute approximate surface area is 137 Å². The van der Waals surface area contributed by atoms with Gasteiger partial charge in [-0.2, -0.15) is 0 Å². The van der Waals surface area contributed by atoms with Crippen LogP contribution in [-0.2, 0) is 0 Å². The first kappa shape index (κ1) is 16.1. The molecule has 0 aliphatic carbocycles. The summed E-state index contributed by atoms with van der Waals surface area (Å²) >= 11 is 0. The van der Waals surface area contributed by atoms with Gasteiger partial charge in [0.25, 0.3) is 6.43 Å². The van der Waals surface area contributed by atoms with Crippen molar-refractivity contribution in [2.45, 2.75) is 20.3 Å². The van der Waals surface area contributed by atoms with E-state index in [2.05, 4.69) is 4.98 Å². The SMILES string of the molecule is Cc1cc(C)c2nc(-c3ccccc3C(F)F)cc(C(=O)O)c2c1. The van der Waals surface area contributed by atoms with Crippen LogP contribution in [0.15, 0.2) is 42.5 Å². The number of nitrogens with zero attached hydrogens (tertiary/aromatic N) is 1. The van der Waals surface area contributed by atoms with Crippen LogP contribution < -0.4 is 0 Å². The Kier molecular flexibility index (Phi) is 4.01. The van der Waals surface area contributed by atoms with Crippen molar-refractivity contribution in [2.75, 3.05) is 0 Å². The van der Waals surface area contributed by atoms with Gasteiger partial charge in [-0.25, -0.2) is 18.6 Å². The molecule has 3 nitrogen and oxygen atoms in total. The second-order valence-electron chi connectivity index (χ2n) is 5.73. The number of hydrogen-bond donors (Lipinski definition) is 1. The number of aromatic carboxylic acids is 1. The summed E-state index contributed by atoms with van der Waals surface area (Å²) in [6, 6.07) is 11.0. The molecule has 0 unspecified atom stereocenters. The fraction of sp³-hybridized carbons (Fsp3) is 0.158. The van der Waals surface area contributed by atoms with Crippen LogP contribution in [0, 0.1) is 13.8 Å². The van der Waals surface area contributed by atoms with Crippen LogP contribution in [0.1, 0.15) is 33.5 Å². The monoisotopic (exact) mass is 327 g/mol. The van der Waals surface area contributed by atoms with E-state index in [1.165, 1.54) is 24.3 Å². The quantitative estimate of drug-likeness (QED) is 0.723. The third-order valence-electron chi connectivity index (χ3n) is 3.95. The molecule has 0 saturated carbocycles. The highest BCUT2D eigenvalue weighted by molar-refractivity contribution is 6.04. The van der Waals surface area contributed by atoms with Crippen LogP contribution in [0.2, 0.25) is 0 Å². The molecule has 0 saturated heterocycles. The zero-order chi connectivity index (χ0) is 17.4. The summed E-state index contributed by atoms with van der Waals surface area (Å²) in [7, 11) is 0. The molecular weight excluding hydrogens is 312 g/mol. The topological polar surface area (TPSA) is 50.2 Å². The molecule has 24 heavy (non-hydrogen) atoms. The Balaban J connectivity index is 2.38. The van der Waals surface area contributed by atoms with Gasteiger partial charge in [0.1, 0.15) is 0 Å². The summed E-state index contributed by atoms with van der Waals surface area (Å²) in [5.74, 6) is -1.11. The maximum Gasteiger partial charge on any atom is 0.336 e. The average Bonchev–Trinajstić information content (AvgIpc) is 2.53. The number of alkyl halides is 2. The number of rotatable bonds is 3. The number of hydrogen-bond acceptors (Lipinski definition) is 2. The van der Waals surface area contributed by atoms with E-state index < -0.39 is 12.4 Å². The fourth-order valence-corrected chi connectivity index (χ4v) is 2.92. The number of carbonyl (C=O) groups is 1. The van der Waals surface area contributed by atoms with Crippen LogP contribution in [-0.4, -0.2) is 16.1 Å². The van der Waals surface area contributed by atoms with Crippen molar-refractivity contribution in [1.82, 2.24) is 4.98 Å². The summed E-state index contributed by atoms with van der Waals surface area (Å²) in [4.78, 5) is 16.1. The first-order chi connectivity index (χ1) is 11.4. The van der Waals surface area contributed by atoms with E-state index in [0.29, 0.717) is 10.9 Å². The number of carboxylic acids is 1. The van der Waals surface area contributed by atoms with E-state index in [0.717, 1.165) is 11.1 Å². The van der Waals surface area contributed by atoms with E-state index >= 15 is 0 Å². The van der Waals surface area contributed by atoms with E-state index in [9.17, 15) is 18.7 Å². The molecule has 0 bridgehead atoms. The molecule has 0 atom stereocenters. The molecule has 0 fully saturated rings. The molecule has 0 aliphatic rings. The molecule has 5 heteroatoms. The van der Waals surface area contributed by atoms with Gasteiger partial charge in [0.2, 0.25) is 0 Å². The van der Waals surface area contributed by atoms with Gasteiger partial charge >= 0.3 is 5.97 Å². The minimum Gasteiger partial charge on any atom is -0.478 e. The Hall–Kier alpha value is -2.82. The Morgan fingerprint density at radius 3 is 2.50 bits per heavy atom. The summed E-state index contributed by atoms with van der Waals surface area (Å²) < 4.78 is 26.5. The summed E-state index contributed by atoms with van der Waals surface area (Å²) in [5, 5.41) is 10.1. The van der Waals surface area contributed by atoms with Crippen LogP contribution in [0.25, 0.3) is 22.2 Å². The van der Waals surface area contributed by atoms with Gasteiger partial charge < -0.3 is 5.11 Å². The Morgan fingerprint density at radius 2 is 1.83 bits per heavy atom. The molecule has 0 aliphatic heterocycles. The minimum absolute atomic E-state index is 0.0610. The largest absolute Gasteiger partial charge is 0.478 e. The number of aryl methyl sites for hydroxylation is 2. The third-order valence-corrected chi connectivity index (χ3v) is 3.95. The number of halogens is 2. The summed E-state index contributed by atoms with van der Waals surface area (Å²) in [6.07, 6.45) is -2.66. The molecule has 3 rings (SSSR count). The molecule has 1 heterocycles. The van der Waals surface area contributed by atoms with Gasteiger partial charge in [0.15, 0.2) is 0 Å². The predicted octanol–water partition coefficient (Wildman–Crippen LogP) is 5.15. The molecular formula is C19H15F2NO2. The number of pyridine rings is 1. The van der Waals surface area contributed by atoms with Crippen LogP contribution in [0.3, 0.4) is 0 Å². The standard InChI is InChI=1S/C19H15F2NO2/c1-10-7-11(2)17-14(8-10)15(19(23)24)9-16(22-17)12-5-3-4-6-13(12)18(20)21/h3-9,18H,1-2H3,(H,23,24). The molecule has 3 aromatic rings. The highest BCUT2D eigenvalue weighted by Crippen LogP contribution is 2.33. The summed E-state index contributed by atoms with van der Waals surface area (Å²) in [6.45, 7) is 3.70. The van der Waals surface area contributed by atoms with Crippen molar-refractivity contribution in [2.24, 2.45) is 0 Å². The van der Waals surface area contributed by atoms with Gasteiger partial charge in [-0.05, 0) is 31.5 Å². The van der Waals surface area contributed by atoms with Gasteiger partial charge in [-0.15, -0.1) is 0 Å². The van der Waals surface area contributed by atoms with Gasteiger partial charge in [0.05, 0.1) is 16.8 Å². The molecule has 1 aromatic heterocycles. The molecule has 2 aromatic carbocycles. The lowest BCUT2D eigenvalue weighted by Crippen LogP contribution is -2.02. The number of aromatic nitrogens is 1. The number of carboxylic acid groups (broad SMARTS) is 1. The van der Waals surface area contributed by atoms with Crippen molar-refractivity contribution >= 4 is 16.9 Å². The smallest absolute Gasteiger partial charge is 0.336 e. The lowest BCUT2D eigenvalue weighted by Gasteiger charge is -2.12. The minimum atomic E-state index is -2.66. The third kappa shape index (κ3) is 2.73. The van der Waals surface area contributed by atoms with Crippen molar-refractivity contribution in [3.8, 4) is 11.3 Å². The van der Waals surface area contributed by atoms with Gasteiger partial charge in [-0.1, -0.05) is 35.9 Å². The van der Waals surface area contributed by atoms with Crippen molar-refractivity contribution in [1.29, 1.82) is 0 Å². The Bertz CT molecular complexity index is 951.